The lowest BCUT2D eigenvalue weighted by atomic mass is 9.74. The first-order valence-corrected chi connectivity index (χ1v) is 28.4. The van der Waals surface area contributed by atoms with E-state index in [0.29, 0.717) is 94.0 Å². The number of carbonyl (C=O) groups excluding carboxylic acids is 3. The van der Waals surface area contributed by atoms with Gasteiger partial charge in [-0.2, -0.15) is 0 Å². The quantitative estimate of drug-likeness (QED) is 0.0918. The van der Waals surface area contributed by atoms with Crippen LogP contribution < -0.4 is 0 Å². The number of esters is 3. The molecule has 13 heteroatoms. The molecule has 0 aromatic heterocycles. The van der Waals surface area contributed by atoms with E-state index in [2.05, 4.69) is 93.1 Å². The van der Waals surface area contributed by atoms with Gasteiger partial charge in [-0.25, -0.2) is 0 Å². The van der Waals surface area contributed by atoms with Crippen LogP contribution in [0.15, 0.2) is 36.4 Å². The minimum Gasteiger partial charge on any atom is -0.507 e. The molecule has 3 aromatic carbocycles. The Labute approximate surface area is 470 Å². The number of carbonyl (C=O) groups is 3. The van der Waals surface area contributed by atoms with Crippen LogP contribution in [0.4, 0.5) is 0 Å². The highest BCUT2D eigenvalue weighted by atomic mass is 16.7. The van der Waals surface area contributed by atoms with Crippen molar-refractivity contribution in [3.8, 4) is 17.2 Å². The van der Waals surface area contributed by atoms with Gasteiger partial charge in [0.25, 0.3) is 0 Å². The molecule has 6 rings (SSSR count). The molecule has 0 atom stereocenters. The number of aromatic hydroxyl groups is 3. The first kappa shape index (κ1) is 65.8. The van der Waals surface area contributed by atoms with Crippen molar-refractivity contribution in [1.29, 1.82) is 0 Å². The Bertz CT molecular complexity index is 2290. The van der Waals surface area contributed by atoms with Gasteiger partial charge in [-0.15, -0.1) is 0 Å². The number of ether oxygens (including phenoxy) is 5. The van der Waals surface area contributed by atoms with E-state index in [1.807, 2.05) is 91.8 Å². The Hall–Kier alpha value is -4.69. The molecular formula is C65H102N2O11. The highest BCUT2D eigenvalue weighted by Crippen LogP contribution is 2.42. The van der Waals surface area contributed by atoms with E-state index in [-0.39, 0.29) is 58.4 Å². The van der Waals surface area contributed by atoms with Gasteiger partial charge in [0, 0.05) is 52.2 Å². The van der Waals surface area contributed by atoms with Gasteiger partial charge in [0.15, 0.2) is 6.29 Å². The van der Waals surface area contributed by atoms with Gasteiger partial charge in [0.1, 0.15) is 23.9 Å². The Morgan fingerprint density at radius 3 is 1.03 bits per heavy atom. The fourth-order valence-electron chi connectivity index (χ4n) is 11.8. The third kappa shape index (κ3) is 19.0. The lowest BCUT2D eigenvalue weighted by molar-refractivity contribution is -0.269. The normalized spacial score (nSPS) is 19.4. The van der Waals surface area contributed by atoms with Crippen LogP contribution in [0, 0.1) is 64.2 Å². The summed E-state index contributed by atoms with van der Waals surface area (Å²) in [5.74, 6) is 1.28. The molecule has 0 amide bonds. The third-order valence-corrected chi connectivity index (χ3v) is 16.7. The number of likely N-dealkylation sites (tertiary alicyclic amines) is 2. The summed E-state index contributed by atoms with van der Waals surface area (Å²) in [4.78, 5) is 41.4. The van der Waals surface area contributed by atoms with Crippen molar-refractivity contribution in [3.63, 3.8) is 0 Å². The number of phenols is 3. The number of hydrogen-bond acceptors (Lipinski definition) is 13. The predicted molar refractivity (Wildman–Crippen MR) is 311 cm³/mol. The van der Waals surface area contributed by atoms with E-state index in [0.717, 1.165) is 75.8 Å². The molecule has 3 N–H and O–H groups in total. The van der Waals surface area contributed by atoms with Crippen molar-refractivity contribution >= 4 is 17.9 Å². The van der Waals surface area contributed by atoms with Gasteiger partial charge >= 0.3 is 17.9 Å². The van der Waals surface area contributed by atoms with Crippen LogP contribution in [0.3, 0.4) is 0 Å². The van der Waals surface area contributed by atoms with Crippen molar-refractivity contribution < 1.29 is 53.4 Å². The molecule has 3 heterocycles. The number of benzene rings is 3. The van der Waals surface area contributed by atoms with Crippen LogP contribution in [-0.4, -0.2) is 119 Å². The van der Waals surface area contributed by atoms with Crippen LogP contribution in [0.25, 0.3) is 0 Å². The van der Waals surface area contributed by atoms with Crippen molar-refractivity contribution in [2.45, 2.75) is 217 Å². The van der Waals surface area contributed by atoms with E-state index in [9.17, 15) is 29.7 Å². The number of hydrogen-bond donors (Lipinski definition) is 3. The summed E-state index contributed by atoms with van der Waals surface area (Å²) in [5.41, 5.74) is 8.26. The maximum atomic E-state index is 12.2. The average molecular weight is 1090 g/mol. The van der Waals surface area contributed by atoms with E-state index in [1.165, 1.54) is 0 Å². The highest BCUT2D eigenvalue weighted by molar-refractivity contribution is 5.70. The Balaban J connectivity index is 0.000000252. The van der Waals surface area contributed by atoms with Crippen LogP contribution in [0.5, 0.6) is 17.2 Å². The number of piperidine rings is 2. The second kappa shape index (κ2) is 26.7. The summed E-state index contributed by atoms with van der Waals surface area (Å²) in [6.07, 6.45) is 6.72. The van der Waals surface area contributed by atoms with Crippen LogP contribution >= 0.6 is 0 Å². The maximum absolute atomic E-state index is 12.2. The summed E-state index contributed by atoms with van der Waals surface area (Å²) in [7, 11) is 4.37. The second-order valence-electron chi connectivity index (χ2n) is 27.3. The van der Waals surface area contributed by atoms with Gasteiger partial charge in [-0.05, 0) is 218 Å². The monoisotopic (exact) mass is 1090 g/mol. The lowest BCUT2D eigenvalue weighted by Gasteiger charge is -2.53. The summed E-state index contributed by atoms with van der Waals surface area (Å²) in [6, 6.07) is 11.6. The second-order valence-corrected chi connectivity index (χ2v) is 27.3. The van der Waals surface area contributed by atoms with Gasteiger partial charge in [-0.3, -0.25) is 24.2 Å². The van der Waals surface area contributed by atoms with Gasteiger partial charge < -0.3 is 39.0 Å². The van der Waals surface area contributed by atoms with Crippen LogP contribution in [0.1, 0.15) is 178 Å². The number of aryl methyl sites for hydroxylation is 9. The van der Waals surface area contributed by atoms with E-state index in [1.54, 1.807) is 0 Å². The molecule has 78 heavy (non-hydrogen) atoms. The molecule has 3 aliphatic heterocycles. The zero-order valence-electron chi connectivity index (χ0n) is 51.8. The molecule has 0 spiro atoms. The van der Waals surface area contributed by atoms with Crippen LogP contribution in [-0.2, 0) is 57.3 Å². The largest absolute Gasteiger partial charge is 0.507 e. The van der Waals surface area contributed by atoms with Crippen molar-refractivity contribution in [1.82, 2.24) is 9.80 Å². The summed E-state index contributed by atoms with van der Waals surface area (Å²) in [6.45, 7) is 40.0. The summed E-state index contributed by atoms with van der Waals surface area (Å²) < 4.78 is 28.3. The Kier molecular flexibility index (Phi) is 22.5. The minimum absolute atomic E-state index is 0.0175. The van der Waals surface area contributed by atoms with Crippen LogP contribution in [0.2, 0.25) is 0 Å². The highest BCUT2D eigenvalue weighted by Gasteiger charge is 2.45. The topological polar surface area (TPSA) is 165 Å². The SMILES string of the molecule is Cc1cc(CCC(=O)OCC(C)(C)C2OCC(C)(C)CO2)cc(C)c1O.Cc1cc(CCC(=O)OCC2CC(C)(C)N(C)C(C)(C)C2)cc(C)c1O.Cc1cc(CCC(=O)OCC2CC(C)(C)N(C)C(C)(C)C2)cc(C)c1O. The van der Waals surface area contributed by atoms with Crippen molar-refractivity contribution in [2.24, 2.45) is 22.7 Å². The summed E-state index contributed by atoms with van der Waals surface area (Å²) >= 11 is 0. The van der Waals surface area contributed by atoms with E-state index in [4.69, 9.17) is 23.7 Å². The molecular weight excluding hydrogens is 985 g/mol. The van der Waals surface area contributed by atoms with E-state index < -0.39 is 5.41 Å². The number of phenolic OH excluding ortho intramolecular Hbond substituents is 3. The molecule has 0 unspecified atom stereocenters. The molecule has 438 valence electrons. The smallest absolute Gasteiger partial charge is 0.306 e. The molecule has 0 saturated carbocycles. The fourth-order valence-corrected chi connectivity index (χ4v) is 11.8. The van der Waals surface area contributed by atoms with Crippen molar-refractivity contribution in [2.75, 3.05) is 47.1 Å². The molecule has 13 nitrogen and oxygen atoms in total. The number of nitrogens with zero attached hydrogens (tertiary/aromatic N) is 2. The molecule has 3 fully saturated rings. The molecule has 3 aromatic rings. The molecule has 3 saturated heterocycles. The zero-order chi connectivity index (χ0) is 58.9. The molecule has 0 bridgehead atoms. The van der Waals surface area contributed by atoms with Gasteiger partial charge in [-0.1, -0.05) is 64.1 Å². The predicted octanol–water partition coefficient (Wildman–Crippen LogP) is 12.7. The molecule has 0 aliphatic carbocycles. The van der Waals surface area contributed by atoms with Crippen molar-refractivity contribution in [3.05, 3.63) is 86.5 Å². The maximum Gasteiger partial charge on any atom is 0.306 e. The zero-order valence-corrected chi connectivity index (χ0v) is 51.8. The first-order chi connectivity index (χ1) is 35.8. The first-order valence-electron chi connectivity index (χ1n) is 28.4. The summed E-state index contributed by atoms with van der Waals surface area (Å²) in [5, 5.41) is 29.5. The van der Waals surface area contributed by atoms with Gasteiger partial charge in [0.2, 0.25) is 0 Å². The molecule has 3 aliphatic rings. The minimum atomic E-state index is -0.405. The fraction of sp³-hybridized carbons (Fsp3) is 0.677. The van der Waals surface area contributed by atoms with E-state index >= 15 is 0 Å². The third-order valence-electron chi connectivity index (χ3n) is 16.7. The average Bonchev–Trinajstić information content (AvgIpc) is 3.33. The number of rotatable bonds is 16. The molecule has 0 radical (unpaired) electrons. The van der Waals surface area contributed by atoms with Gasteiger partial charge in [0.05, 0.1) is 26.4 Å². The Morgan fingerprint density at radius 2 is 0.756 bits per heavy atom. The lowest BCUT2D eigenvalue weighted by Crippen LogP contribution is -2.59. The Morgan fingerprint density at radius 1 is 0.500 bits per heavy atom. The standard InChI is InChI=1S/2C22H35NO3.C21H32O5/c2*1-15-10-17(11-16(2)20(15)25)8-9-19(24)26-14-18-12-21(3,4)23(7)22(5,6)13-18;1-14-9-16(10-15(2)18(14)23)7-8-17(22)24-13-21(5,6)19-25-11-20(3,4)12-26-19/h2*10-11,18,25H,8-9,12-14H2,1-7H3;9-10,19,23H,7-8,11-13H2,1-6H3.